The molecule has 5 heterocycles. The maximum absolute atomic E-state index is 13.5. The molecule has 5 aliphatic heterocycles. The van der Waals surface area contributed by atoms with Crippen LogP contribution in [-0.2, 0) is 19.1 Å². The molecule has 3 fully saturated rings. The third kappa shape index (κ3) is 1.66. The van der Waals surface area contributed by atoms with E-state index in [4.69, 9.17) is 14.2 Å². The van der Waals surface area contributed by atoms with Gasteiger partial charge in [-0.05, 0) is 24.6 Å². The molecule has 0 radical (unpaired) electrons. The summed E-state index contributed by atoms with van der Waals surface area (Å²) >= 11 is 0. The second-order valence-corrected chi connectivity index (χ2v) is 7.94. The van der Waals surface area contributed by atoms with E-state index in [0.717, 1.165) is 17.7 Å². The molecule has 27 heavy (non-hydrogen) atoms. The van der Waals surface area contributed by atoms with Crippen molar-refractivity contribution in [1.82, 2.24) is 0 Å². The highest BCUT2D eigenvalue weighted by Crippen LogP contribution is 2.62. The van der Waals surface area contributed by atoms with Gasteiger partial charge in [-0.15, -0.1) is 0 Å². The number of fused-ring (bicyclic) bond motifs is 7. The Morgan fingerprint density at radius 3 is 3.04 bits per heavy atom. The van der Waals surface area contributed by atoms with E-state index in [-0.39, 0.29) is 24.0 Å². The summed E-state index contributed by atoms with van der Waals surface area (Å²) in [5.74, 6) is -2.37. The highest BCUT2D eigenvalue weighted by atomic mass is 16.5. The first kappa shape index (κ1) is 15.7. The summed E-state index contributed by atoms with van der Waals surface area (Å²) in [7, 11) is 1.60. The summed E-state index contributed by atoms with van der Waals surface area (Å²) < 4.78 is 17.6. The monoisotopic (exact) mass is 368 g/mol. The number of benzene rings is 1. The van der Waals surface area contributed by atoms with Crippen molar-refractivity contribution >= 4 is 17.6 Å². The predicted molar refractivity (Wildman–Crippen MR) is 89.8 cm³/mol. The predicted octanol–water partition coefficient (Wildman–Crippen LogP) is 0.191. The standard InChI is InChI=1S/C20H19NO6/c1-25-9-2-3-12-11(8-9)16-10(5-7-26-16)17-20-6-4-13(27-20)14(19(23)24)15(20)18(22)21(12)17/h2-4,6,8,10,13-17H,5,7H2,1H3,(H,23,24)/p-1/t10-,13-,14+,15-,16+,17+,20+/m1/s1. The highest BCUT2D eigenvalue weighted by molar-refractivity contribution is 6.04. The van der Waals surface area contributed by atoms with Gasteiger partial charge in [0.1, 0.15) is 11.4 Å². The molecule has 1 aromatic carbocycles. The highest BCUT2D eigenvalue weighted by Gasteiger charge is 2.73. The number of methoxy groups -OCH3 is 1. The van der Waals surface area contributed by atoms with E-state index in [1.165, 1.54) is 0 Å². The number of rotatable bonds is 2. The van der Waals surface area contributed by atoms with Gasteiger partial charge in [0.25, 0.3) is 0 Å². The van der Waals surface area contributed by atoms with Gasteiger partial charge in [0, 0.05) is 30.0 Å². The van der Waals surface area contributed by atoms with Crippen LogP contribution in [0, 0.1) is 17.8 Å². The minimum atomic E-state index is -1.22. The first-order valence-corrected chi connectivity index (χ1v) is 9.27. The molecule has 3 saturated heterocycles. The zero-order valence-electron chi connectivity index (χ0n) is 14.7. The maximum atomic E-state index is 13.5. The van der Waals surface area contributed by atoms with Crippen molar-refractivity contribution in [2.24, 2.45) is 17.8 Å². The van der Waals surface area contributed by atoms with Gasteiger partial charge in [0.15, 0.2) is 0 Å². The Kier molecular flexibility index (Phi) is 2.85. The topological polar surface area (TPSA) is 88.1 Å². The molecule has 1 amide bonds. The average molecular weight is 368 g/mol. The quantitative estimate of drug-likeness (QED) is 0.693. The lowest BCUT2D eigenvalue weighted by atomic mass is 9.70. The number of carboxylic acid groups (broad SMARTS) is 1. The van der Waals surface area contributed by atoms with Gasteiger partial charge in [-0.1, -0.05) is 12.2 Å². The summed E-state index contributed by atoms with van der Waals surface area (Å²) in [5, 5.41) is 11.8. The first-order chi connectivity index (χ1) is 13.1. The molecule has 1 aromatic rings. The Morgan fingerprint density at radius 2 is 2.26 bits per heavy atom. The number of amides is 1. The van der Waals surface area contributed by atoms with Crippen LogP contribution >= 0.6 is 0 Å². The molecule has 7 heteroatoms. The number of carboxylic acids is 1. The van der Waals surface area contributed by atoms with Crippen molar-refractivity contribution in [2.45, 2.75) is 30.3 Å². The van der Waals surface area contributed by atoms with Crippen molar-refractivity contribution in [3.63, 3.8) is 0 Å². The van der Waals surface area contributed by atoms with Crippen molar-refractivity contribution in [3.8, 4) is 5.75 Å². The molecule has 140 valence electrons. The number of carbonyl (C=O) groups excluding carboxylic acids is 2. The van der Waals surface area contributed by atoms with E-state index in [0.29, 0.717) is 12.4 Å². The van der Waals surface area contributed by atoms with Crippen LogP contribution in [0.3, 0.4) is 0 Å². The maximum Gasteiger partial charge on any atom is 0.234 e. The van der Waals surface area contributed by atoms with Gasteiger partial charge in [0.05, 0.1) is 37.0 Å². The Balaban J connectivity index is 1.57. The van der Waals surface area contributed by atoms with Crippen LogP contribution < -0.4 is 14.7 Å². The molecule has 0 aliphatic carbocycles. The lowest BCUT2D eigenvalue weighted by Gasteiger charge is -2.44. The fourth-order valence-corrected chi connectivity index (χ4v) is 6.01. The number of ether oxygens (including phenoxy) is 3. The molecule has 2 bridgehead atoms. The molecule has 6 rings (SSSR count). The molecule has 7 atom stereocenters. The van der Waals surface area contributed by atoms with E-state index in [1.807, 2.05) is 24.3 Å². The molecular formula is C20H18NO6-. The van der Waals surface area contributed by atoms with Crippen LogP contribution in [0.2, 0.25) is 0 Å². The van der Waals surface area contributed by atoms with Crippen LogP contribution in [-0.4, -0.2) is 43.3 Å². The third-order valence-corrected chi connectivity index (χ3v) is 6.95. The number of nitrogens with zero attached hydrogens (tertiary/aromatic N) is 1. The molecule has 0 saturated carbocycles. The number of carbonyl (C=O) groups is 2. The zero-order valence-corrected chi connectivity index (χ0v) is 14.7. The van der Waals surface area contributed by atoms with Crippen LogP contribution in [0.4, 0.5) is 5.69 Å². The molecule has 1 spiro atoms. The lowest BCUT2D eigenvalue weighted by Crippen LogP contribution is -2.53. The third-order valence-electron chi connectivity index (χ3n) is 6.95. The summed E-state index contributed by atoms with van der Waals surface area (Å²) in [6.45, 7) is 0.600. The summed E-state index contributed by atoms with van der Waals surface area (Å²) in [6.07, 6.45) is 3.73. The fourth-order valence-electron chi connectivity index (χ4n) is 6.01. The van der Waals surface area contributed by atoms with Gasteiger partial charge >= 0.3 is 0 Å². The van der Waals surface area contributed by atoms with E-state index < -0.39 is 29.5 Å². The van der Waals surface area contributed by atoms with Crippen LogP contribution in [0.1, 0.15) is 18.1 Å². The Morgan fingerprint density at radius 1 is 1.41 bits per heavy atom. The largest absolute Gasteiger partial charge is 0.550 e. The molecule has 0 N–H and O–H groups in total. The number of anilines is 1. The van der Waals surface area contributed by atoms with E-state index in [1.54, 1.807) is 18.1 Å². The van der Waals surface area contributed by atoms with Crippen LogP contribution in [0.5, 0.6) is 5.75 Å². The van der Waals surface area contributed by atoms with E-state index in [2.05, 4.69) is 0 Å². The van der Waals surface area contributed by atoms with Gasteiger partial charge < -0.3 is 29.0 Å². The number of hydrogen-bond donors (Lipinski definition) is 0. The van der Waals surface area contributed by atoms with Crippen molar-refractivity contribution in [3.05, 3.63) is 35.9 Å². The summed E-state index contributed by atoms with van der Waals surface area (Å²) in [5.41, 5.74) is 0.761. The minimum Gasteiger partial charge on any atom is -0.550 e. The number of hydrogen-bond acceptors (Lipinski definition) is 6. The van der Waals surface area contributed by atoms with Gasteiger partial charge in [0.2, 0.25) is 5.91 Å². The first-order valence-electron chi connectivity index (χ1n) is 9.27. The Hall–Kier alpha value is -2.38. The zero-order chi connectivity index (χ0) is 18.5. The Bertz CT molecular complexity index is 912. The Labute approximate surface area is 155 Å². The molecular weight excluding hydrogens is 350 g/mol. The van der Waals surface area contributed by atoms with Crippen molar-refractivity contribution in [1.29, 1.82) is 0 Å². The van der Waals surface area contributed by atoms with Crippen molar-refractivity contribution < 1.29 is 28.9 Å². The minimum absolute atomic E-state index is 0.0439. The van der Waals surface area contributed by atoms with E-state index >= 15 is 0 Å². The average Bonchev–Trinajstić information content (AvgIpc) is 3.41. The van der Waals surface area contributed by atoms with E-state index in [9.17, 15) is 14.7 Å². The van der Waals surface area contributed by atoms with Crippen LogP contribution in [0.15, 0.2) is 30.4 Å². The van der Waals surface area contributed by atoms with Gasteiger partial charge in [-0.3, -0.25) is 4.79 Å². The normalized spacial score (nSPS) is 42.7. The SMILES string of the molecule is COc1ccc2c(c1)[C@H]1OCC[C@H]1[C@@H]1N2C(=O)[C@H]2[C@@H](C(=O)[O-])[C@H]3C=C[C@@]12O3. The van der Waals surface area contributed by atoms with Crippen LogP contribution in [0.25, 0.3) is 0 Å². The fraction of sp³-hybridized carbons (Fsp3) is 0.500. The smallest absolute Gasteiger partial charge is 0.234 e. The summed E-state index contributed by atoms with van der Waals surface area (Å²) in [6, 6.07) is 5.32. The molecule has 0 unspecified atom stereocenters. The molecule has 5 aliphatic rings. The molecule has 0 aromatic heterocycles. The summed E-state index contributed by atoms with van der Waals surface area (Å²) in [4.78, 5) is 27.0. The molecule has 7 nitrogen and oxygen atoms in total. The van der Waals surface area contributed by atoms with Gasteiger partial charge in [-0.25, -0.2) is 0 Å². The second-order valence-electron chi connectivity index (χ2n) is 7.94. The van der Waals surface area contributed by atoms with Gasteiger partial charge in [-0.2, -0.15) is 0 Å². The number of aliphatic carboxylic acids is 1. The lowest BCUT2D eigenvalue weighted by molar-refractivity contribution is -0.313. The second kappa shape index (κ2) is 4.91. The van der Waals surface area contributed by atoms with Crippen molar-refractivity contribution in [2.75, 3.05) is 18.6 Å².